The molecule has 1 rings (SSSR count). The average molecular weight is 191 g/mol. The molecule has 5 heteroatoms. The van der Waals surface area contributed by atoms with Crippen LogP contribution in [-0.2, 0) is 9.53 Å². The Bertz CT molecular complexity index is 177. The quantitative estimate of drug-likeness (QED) is 0.614. The molecule has 1 fully saturated rings. The van der Waals surface area contributed by atoms with Crippen LogP contribution in [0.4, 0.5) is 4.39 Å². The standard InChI is InChI=1S/C8H14FNO3/c9-3-6(11)5-13-8-4-10-2-1-7(8)12/h6,8,10-11H,1-5H2. The summed E-state index contributed by atoms with van der Waals surface area (Å²) in [5.41, 5.74) is 0. The molecule has 1 heterocycles. The highest BCUT2D eigenvalue weighted by molar-refractivity contribution is 5.84. The summed E-state index contributed by atoms with van der Waals surface area (Å²) in [6.07, 6.45) is -1.19. The van der Waals surface area contributed by atoms with Crippen molar-refractivity contribution >= 4 is 5.78 Å². The van der Waals surface area contributed by atoms with E-state index in [0.717, 1.165) is 0 Å². The number of carbonyl (C=O) groups is 1. The van der Waals surface area contributed by atoms with Gasteiger partial charge in [-0.2, -0.15) is 0 Å². The monoisotopic (exact) mass is 191 g/mol. The molecule has 2 N–H and O–H groups in total. The van der Waals surface area contributed by atoms with E-state index in [1.165, 1.54) is 0 Å². The minimum Gasteiger partial charge on any atom is -0.388 e. The fourth-order valence-electron chi connectivity index (χ4n) is 1.14. The minimum absolute atomic E-state index is 0.0183. The first-order valence-corrected chi connectivity index (χ1v) is 4.33. The number of aliphatic hydroxyl groups is 1. The average Bonchev–Trinajstić information content (AvgIpc) is 2.16. The Balaban J connectivity index is 2.22. The van der Waals surface area contributed by atoms with Gasteiger partial charge >= 0.3 is 0 Å². The number of nitrogens with one attached hydrogen (secondary N) is 1. The molecule has 13 heavy (non-hydrogen) atoms. The van der Waals surface area contributed by atoms with Crippen LogP contribution in [0.25, 0.3) is 0 Å². The summed E-state index contributed by atoms with van der Waals surface area (Å²) in [4.78, 5) is 11.2. The molecule has 0 aliphatic carbocycles. The van der Waals surface area contributed by atoms with Crippen molar-refractivity contribution in [2.75, 3.05) is 26.4 Å². The topological polar surface area (TPSA) is 58.6 Å². The number of piperidine rings is 1. The number of Topliss-reactive ketones (excluding diaryl/α,β-unsaturated/α-hetero) is 1. The van der Waals surface area contributed by atoms with E-state index in [1.807, 2.05) is 0 Å². The number of halogens is 1. The highest BCUT2D eigenvalue weighted by Gasteiger charge is 2.23. The Hall–Kier alpha value is -0.520. The predicted octanol–water partition coefficient (Wildman–Crippen LogP) is -0.736. The van der Waals surface area contributed by atoms with E-state index in [1.54, 1.807) is 0 Å². The molecule has 0 amide bonds. The molecule has 0 aromatic heterocycles. The van der Waals surface area contributed by atoms with Crippen LogP contribution >= 0.6 is 0 Å². The van der Waals surface area contributed by atoms with Crippen LogP contribution < -0.4 is 5.32 Å². The first-order valence-electron chi connectivity index (χ1n) is 4.33. The van der Waals surface area contributed by atoms with E-state index in [0.29, 0.717) is 19.5 Å². The van der Waals surface area contributed by atoms with Gasteiger partial charge in [0, 0.05) is 19.5 Å². The van der Waals surface area contributed by atoms with Gasteiger partial charge in [0.25, 0.3) is 0 Å². The zero-order valence-corrected chi connectivity index (χ0v) is 7.33. The Kier molecular flexibility index (Phi) is 4.27. The molecule has 2 unspecified atom stereocenters. The van der Waals surface area contributed by atoms with Gasteiger partial charge in [0.1, 0.15) is 18.9 Å². The zero-order chi connectivity index (χ0) is 9.68. The van der Waals surface area contributed by atoms with E-state index in [2.05, 4.69) is 5.32 Å². The fourth-order valence-corrected chi connectivity index (χ4v) is 1.14. The number of ether oxygens (including phenoxy) is 1. The maximum atomic E-state index is 11.8. The van der Waals surface area contributed by atoms with Crippen molar-refractivity contribution in [1.82, 2.24) is 5.32 Å². The normalized spacial score (nSPS) is 26.0. The SMILES string of the molecule is O=C1CCNCC1OCC(O)CF. The molecule has 0 radical (unpaired) electrons. The van der Waals surface area contributed by atoms with Crippen LogP contribution in [0.3, 0.4) is 0 Å². The third-order valence-electron chi connectivity index (χ3n) is 1.90. The molecule has 1 aliphatic rings. The molecule has 0 saturated carbocycles. The van der Waals surface area contributed by atoms with Gasteiger partial charge in [0.15, 0.2) is 5.78 Å². The van der Waals surface area contributed by atoms with Crippen LogP contribution in [0.2, 0.25) is 0 Å². The summed E-state index contributed by atoms with van der Waals surface area (Å²) in [6.45, 7) is 0.172. The van der Waals surface area contributed by atoms with Crippen LogP contribution in [0.15, 0.2) is 0 Å². The smallest absolute Gasteiger partial charge is 0.164 e. The van der Waals surface area contributed by atoms with Crippen molar-refractivity contribution in [2.24, 2.45) is 0 Å². The summed E-state index contributed by atoms with van der Waals surface area (Å²) >= 11 is 0. The van der Waals surface area contributed by atoms with Crippen molar-refractivity contribution < 1.29 is 19.0 Å². The third kappa shape index (κ3) is 3.38. The van der Waals surface area contributed by atoms with Gasteiger partial charge in [0.2, 0.25) is 0 Å². The molecule has 1 aliphatic heterocycles. The number of alkyl halides is 1. The van der Waals surface area contributed by atoms with Crippen molar-refractivity contribution in [3.05, 3.63) is 0 Å². The molecule has 4 nitrogen and oxygen atoms in total. The third-order valence-corrected chi connectivity index (χ3v) is 1.90. The summed E-state index contributed by atoms with van der Waals surface area (Å²) in [6, 6.07) is 0. The van der Waals surface area contributed by atoms with Crippen LogP contribution in [0.1, 0.15) is 6.42 Å². The zero-order valence-electron chi connectivity index (χ0n) is 7.33. The summed E-state index contributed by atoms with van der Waals surface area (Å²) in [5.74, 6) is 0.0183. The Morgan fingerprint density at radius 1 is 1.77 bits per heavy atom. The minimum atomic E-state index is -1.12. The number of rotatable bonds is 4. The number of ketones is 1. The van der Waals surface area contributed by atoms with E-state index in [4.69, 9.17) is 9.84 Å². The van der Waals surface area contributed by atoms with Gasteiger partial charge in [-0.1, -0.05) is 0 Å². The first kappa shape index (κ1) is 10.6. The predicted molar refractivity (Wildman–Crippen MR) is 44.2 cm³/mol. The number of hydrogen-bond donors (Lipinski definition) is 2. The van der Waals surface area contributed by atoms with Crippen molar-refractivity contribution in [3.63, 3.8) is 0 Å². The molecular formula is C8H14FNO3. The lowest BCUT2D eigenvalue weighted by Gasteiger charge is -2.22. The van der Waals surface area contributed by atoms with Gasteiger partial charge < -0.3 is 15.2 Å². The maximum Gasteiger partial charge on any atom is 0.164 e. The summed E-state index contributed by atoms with van der Waals surface area (Å²) in [5, 5.41) is 11.8. The van der Waals surface area contributed by atoms with Crippen molar-refractivity contribution in [3.8, 4) is 0 Å². The second-order valence-corrected chi connectivity index (χ2v) is 3.05. The largest absolute Gasteiger partial charge is 0.388 e. The molecule has 0 aromatic carbocycles. The lowest BCUT2D eigenvalue weighted by atomic mass is 10.1. The summed E-state index contributed by atoms with van der Waals surface area (Å²) in [7, 11) is 0. The fraction of sp³-hybridized carbons (Fsp3) is 0.875. The second kappa shape index (κ2) is 5.26. The second-order valence-electron chi connectivity index (χ2n) is 3.05. The maximum absolute atomic E-state index is 11.8. The number of aliphatic hydroxyl groups excluding tert-OH is 1. The Morgan fingerprint density at radius 2 is 2.54 bits per heavy atom. The van der Waals surface area contributed by atoms with Crippen LogP contribution in [0.5, 0.6) is 0 Å². The molecule has 0 bridgehead atoms. The van der Waals surface area contributed by atoms with E-state index < -0.39 is 18.9 Å². The molecule has 0 spiro atoms. The number of hydrogen-bond acceptors (Lipinski definition) is 4. The highest BCUT2D eigenvalue weighted by Crippen LogP contribution is 2.02. The molecule has 0 aromatic rings. The van der Waals surface area contributed by atoms with Gasteiger partial charge in [0.05, 0.1) is 6.61 Å². The van der Waals surface area contributed by atoms with E-state index >= 15 is 0 Å². The van der Waals surface area contributed by atoms with Gasteiger partial charge in [-0.15, -0.1) is 0 Å². The Morgan fingerprint density at radius 3 is 3.15 bits per heavy atom. The lowest BCUT2D eigenvalue weighted by Crippen LogP contribution is -2.43. The summed E-state index contributed by atoms with van der Waals surface area (Å²) < 4.78 is 16.9. The van der Waals surface area contributed by atoms with Gasteiger partial charge in [-0.05, 0) is 0 Å². The van der Waals surface area contributed by atoms with Crippen LogP contribution in [0, 0.1) is 0 Å². The lowest BCUT2D eigenvalue weighted by molar-refractivity contribution is -0.134. The van der Waals surface area contributed by atoms with Gasteiger partial charge in [-0.25, -0.2) is 4.39 Å². The van der Waals surface area contributed by atoms with E-state index in [-0.39, 0.29) is 12.4 Å². The first-order chi connectivity index (χ1) is 6.24. The van der Waals surface area contributed by atoms with E-state index in [9.17, 15) is 9.18 Å². The van der Waals surface area contributed by atoms with Crippen LogP contribution in [-0.4, -0.2) is 49.5 Å². The number of carbonyl (C=O) groups excluding carboxylic acids is 1. The molecule has 76 valence electrons. The van der Waals surface area contributed by atoms with Gasteiger partial charge in [-0.3, -0.25) is 4.79 Å². The molecule has 2 atom stereocenters. The Labute approximate surface area is 76.1 Å². The van der Waals surface area contributed by atoms with Crippen molar-refractivity contribution in [1.29, 1.82) is 0 Å². The van der Waals surface area contributed by atoms with Crippen molar-refractivity contribution in [2.45, 2.75) is 18.6 Å². The molecular weight excluding hydrogens is 177 g/mol. The highest BCUT2D eigenvalue weighted by atomic mass is 19.1. The molecule has 1 saturated heterocycles.